The number of rotatable bonds is 30. The van der Waals surface area contributed by atoms with Gasteiger partial charge in [-0.3, -0.25) is 20.2 Å². The molecule has 0 radical (unpaired) electrons. The van der Waals surface area contributed by atoms with Crippen molar-refractivity contribution < 1.29 is 52.5 Å². The van der Waals surface area contributed by atoms with E-state index in [1.54, 1.807) is 56.7 Å². The lowest BCUT2D eigenvalue weighted by molar-refractivity contribution is -0.385. The summed E-state index contributed by atoms with van der Waals surface area (Å²) in [6, 6.07) is 25.2. The Bertz CT molecular complexity index is 2280. The third-order valence-electron chi connectivity index (χ3n) is 10.6. The van der Waals surface area contributed by atoms with Gasteiger partial charge in [-0.1, -0.05) is 82.9 Å². The van der Waals surface area contributed by atoms with E-state index in [9.17, 15) is 20.2 Å². The van der Waals surface area contributed by atoms with E-state index in [-0.39, 0.29) is 37.8 Å². The molecule has 0 aliphatic heterocycles. The van der Waals surface area contributed by atoms with Gasteiger partial charge in [0.05, 0.1) is 56.5 Å². The number of ether oxygens (including phenoxy) is 9. The minimum atomic E-state index is -0.459. The summed E-state index contributed by atoms with van der Waals surface area (Å²) in [5.74, 6) is 4.13. The minimum absolute atomic E-state index is 0.00855. The summed E-state index contributed by atoms with van der Waals surface area (Å²) >= 11 is 0. The average Bonchev–Trinajstić information content (AvgIpc) is 3.33. The van der Waals surface area contributed by atoms with Gasteiger partial charge in [-0.2, -0.15) is 0 Å². The molecule has 5 aromatic carbocycles. The van der Waals surface area contributed by atoms with Crippen LogP contribution in [0.1, 0.15) is 93.4 Å². The van der Waals surface area contributed by atoms with E-state index in [0.29, 0.717) is 63.9 Å². The second kappa shape index (κ2) is 26.0. The van der Waals surface area contributed by atoms with Gasteiger partial charge in [-0.05, 0) is 77.7 Å². The zero-order chi connectivity index (χ0) is 46.4. The summed E-state index contributed by atoms with van der Waals surface area (Å²) < 4.78 is 52.5. The maximum Gasteiger partial charge on any atom is 0.280 e. The van der Waals surface area contributed by atoms with Gasteiger partial charge in [0.25, 0.3) is 11.4 Å². The maximum absolute atomic E-state index is 12.1. The van der Waals surface area contributed by atoms with Crippen LogP contribution in [0.3, 0.4) is 0 Å². The molecule has 15 heteroatoms. The monoisotopic (exact) mass is 896 g/mol. The summed E-state index contributed by atoms with van der Waals surface area (Å²) in [7, 11) is 6.14. The van der Waals surface area contributed by atoms with Gasteiger partial charge < -0.3 is 42.6 Å². The molecule has 0 bridgehead atoms. The topological polar surface area (TPSA) is 169 Å². The summed E-state index contributed by atoms with van der Waals surface area (Å²) in [6.45, 7) is 3.20. The molecule has 65 heavy (non-hydrogen) atoms. The van der Waals surface area contributed by atoms with Gasteiger partial charge in [0.2, 0.25) is 0 Å². The number of benzene rings is 5. The van der Waals surface area contributed by atoms with E-state index in [2.05, 4.69) is 6.92 Å². The third kappa shape index (κ3) is 15.1. The van der Waals surface area contributed by atoms with Crippen LogP contribution < -0.4 is 42.6 Å². The first-order chi connectivity index (χ1) is 31.7. The highest BCUT2D eigenvalue weighted by Gasteiger charge is 2.21. The van der Waals surface area contributed by atoms with Crippen molar-refractivity contribution in [3.8, 4) is 51.7 Å². The normalized spacial score (nSPS) is 10.8. The van der Waals surface area contributed by atoms with E-state index in [4.69, 9.17) is 42.6 Å². The Morgan fingerprint density at radius 1 is 0.415 bits per heavy atom. The van der Waals surface area contributed by atoms with Gasteiger partial charge >= 0.3 is 0 Å². The molecule has 0 saturated carbocycles. The second-order valence-electron chi connectivity index (χ2n) is 15.3. The molecule has 0 aromatic heterocycles. The Morgan fingerprint density at radius 3 is 1.29 bits per heavy atom. The molecule has 348 valence electrons. The van der Waals surface area contributed by atoms with Crippen LogP contribution in [0, 0.1) is 20.2 Å². The number of unbranched alkanes of at least 4 members (excludes halogenated alkanes) is 9. The number of nitrogens with zero attached hydrogens (tertiary/aromatic N) is 2. The van der Waals surface area contributed by atoms with Gasteiger partial charge in [-0.25, -0.2) is 0 Å². The summed E-state index contributed by atoms with van der Waals surface area (Å²) in [6.07, 6.45) is 12.0. The van der Waals surface area contributed by atoms with Crippen LogP contribution in [0.5, 0.6) is 51.7 Å². The molecule has 0 heterocycles. The lowest BCUT2D eigenvalue weighted by Gasteiger charge is -2.16. The zero-order valence-corrected chi connectivity index (χ0v) is 38.0. The zero-order valence-electron chi connectivity index (χ0n) is 38.0. The highest BCUT2D eigenvalue weighted by Crippen LogP contribution is 2.38. The predicted molar refractivity (Wildman–Crippen MR) is 246 cm³/mol. The van der Waals surface area contributed by atoms with Gasteiger partial charge in [0.15, 0.2) is 46.0 Å². The van der Waals surface area contributed by atoms with E-state index in [0.717, 1.165) is 36.0 Å². The Labute approximate surface area is 380 Å². The van der Waals surface area contributed by atoms with Crippen molar-refractivity contribution >= 4 is 11.4 Å². The predicted octanol–water partition coefficient (Wildman–Crippen LogP) is 12.2. The number of nitro benzene ring substituents is 2. The first-order valence-electron chi connectivity index (χ1n) is 21.9. The van der Waals surface area contributed by atoms with Crippen LogP contribution in [0.25, 0.3) is 0 Å². The summed E-state index contributed by atoms with van der Waals surface area (Å²) in [5.41, 5.74) is 2.63. The Kier molecular flexibility index (Phi) is 19.7. The SMILES string of the molecule is CCCCCCCCCCCCOc1cc([N+](=O)[O-])c(COc2ccc(COc3ccc(COc4ccc(COc5ccc([N+](=O)[O-])cc5)cc4OC)cc3OC)cc2OC)cc1OC. The number of hydrogen-bond donors (Lipinski definition) is 0. The van der Waals surface area contributed by atoms with Gasteiger partial charge in [0.1, 0.15) is 32.2 Å². The van der Waals surface area contributed by atoms with Crippen molar-refractivity contribution in [3.05, 3.63) is 133 Å². The fourth-order valence-electron chi connectivity index (χ4n) is 6.99. The van der Waals surface area contributed by atoms with Crippen LogP contribution >= 0.6 is 0 Å². The molecule has 0 fully saturated rings. The lowest BCUT2D eigenvalue weighted by atomic mass is 10.1. The van der Waals surface area contributed by atoms with Crippen molar-refractivity contribution in [1.82, 2.24) is 0 Å². The number of methoxy groups -OCH3 is 4. The molecule has 5 rings (SSSR count). The first-order valence-corrected chi connectivity index (χ1v) is 21.9. The van der Waals surface area contributed by atoms with Crippen molar-refractivity contribution in [3.63, 3.8) is 0 Å². The van der Waals surface area contributed by atoms with Gasteiger partial charge in [-0.15, -0.1) is 0 Å². The molecule has 0 N–H and O–H groups in total. The molecule has 0 aliphatic carbocycles. The molecule has 5 aromatic rings. The molecular formula is C50H60N2O13. The highest BCUT2D eigenvalue weighted by molar-refractivity contribution is 5.55. The quantitative estimate of drug-likeness (QED) is 0.0243. The van der Waals surface area contributed by atoms with Crippen LogP contribution in [0.4, 0.5) is 11.4 Å². The van der Waals surface area contributed by atoms with Crippen molar-refractivity contribution in [1.29, 1.82) is 0 Å². The number of nitro groups is 2. The summed E-state index contributed by atoms with van der Waals surface area (Å²) in [5, 5.41) is 23.1. The Hall–Kier alpha value is -6.90. The minimum Gasteiger partial charge on any atom is -0.493 e. The molecule has 15 nitrogen and oxygen atoms in total. The van der Waals surface area contributed by atoms with Gasteiger partial charge in [0, 0.05) is 12.1 Å². The largest absolute Gasteiger partial charge is 0.493 e. The maximum atomic E-state index is 12.1. The van der Waals surface area contributed by atoms with E-state index < -0.39 is 9.85 Å². The van der Waals surface area contributed by atoms with E-state index in [1.165, 1.54) is 77.4 Å². The van der Waals surface area contributed by atoms with Crippen LogP contribution in [0.2, 0.25) is 0 Å². The molecule has 0 spiro atoms. The van der Waals surface area contributed by atoms with Crippen molar-refractivity contribution in [2.24, 2.45) is 0 Å². The Morgan fingerprint density at radius 2 is 0.846 bits per heavy atom. The molecule has 0 amide bonds. The molecule has 0 atom stereocenters. The fraction of sp³-hybridized carbons (Fsp3) is 0.400. The molecule has 0 unspecified atom stereocenters. The lowest BCUT2D eigenvalue weighted by Crippen LogP contribution is -2.05. The number of hydrogen-bond acceptors (Lipinski definition) is 13. The van der Waals surface area contributed by atoms with E-state index >= 15 is 0 Å². The standard InChI is InChI=1S/C50H60N2O13/c1-6-7-8-9-10-11-12-13-14-15-26-61-50-31-42(52(55)56)39(30-49(50)60-5)35-65-45-25-18-38(29-48(45)59-4)34-64-44-24-17-37(28-47(44)58-3)33-63-43-23-16-36(27-46(43)57-2)32-62-41-21-19-40(20-22-41)51(53)54/h16-25,27-31H,6-15,26,32-35H2,1-5H3. The average molecular weight is 897 g/mol. The Balaban J connectivity index is 1.12. The molecular weight excluding hydrogens is 837 g/mol. The highest BCUT2D eigenvalue weighted by atomic mass is 16.6. The number of non-ortho nitro benzene ring substituents is 1. The third-order valence-corrected chi connectivity index (χ3v) is 10.6. The van der Waals surface area contributed by atoms with Crippen molar-refractivity contribution in [2.45, 2.75) is 97.6 Å². The van der Waals surface area contributed by atoms with Crippen molar-refractivity contribution in [2.75, 3.05) is 35.0 Å². The van der Waals surface area contributed by atoms with Crippen LogP contribution in [-0.2, 0) is 26.4 Å². The van der Waals surface area contributed by atoms with Crippen LogP contribution in [0.15, 0.2) is 91.0 Å². The first kappa shape index (κ1) is 49.1. The second-order valence-corrected chi connectivity index (χ2v) is 15.3. The molecule has 0 aliphatic rings. The summed E-state index contributed by atoms with van der Waals surface area (Å²) in [4.78, 5) is 22.2. The fourth-order valence-corrected chi connectivity index (χ4v) is 6.99. The van der Waals surface area contributed by atoms with E-state index in [1.807, 2.05) is 30.3 Å². The smallest absolute Gasteiger partial charge is 0.280 e. The van der Waals surface area contributed by atoms with Crippen LogP contribution in [-0.4, -0.2) is 44.9 Å². The molecule has 0 saturated heterocycles.